The standard InChI is InChI=1S/C16H31N3O/c1-6-20-15-7-9-19(10-8-15)14(4)11-16(5,12-17)18-13(2)3/h13-15,18H,6-11H2,1-5H3. The Balaban J connectivity index is 2.46. The van der Waals surface area contributed by atoms with Crippen LogP contribution in [0.25, 0.3) is 0 Å². The van der Waals surface area contributed by atoms with Crippen molar-refractivity contribution in [3.8, 4) is 6.07 Å². The zero-order valence-corrected chi connectivity index (χ0v) is 13.8. The quantitative estimate of drug-likeness (QED) is 0.779. The van der Waals surface area contributed by atoms with Crippen LogP contribution in [0.3, 0.4) is 0 Å². The van der Waals surface area contributed by atoms with Gasteiger partial charge in [0.15, 0.2) is 0 Å². The molecule has 1 heterocycles. The number of likely N-dealkylation sites (tertiary alicyclic amines) is 1. The molecule has 0 amide bonds. The highest BCUT2D eigenvalue weighted by atomic mass is 16.5. The van der Waals surface area contributed by atoms with E-state index in [2.05, 4.69) is 44.0 Å². The highest BCUT2D eigenvalue weighted by Crippen LogP contribution is 2.21. The number of ether oxygens (including phenoxy) is 1. The lowest BCUT2D eigenvalue weighted by Gasteiger charge is -2.39. The van der Waals surface area contributed by atoms with Crippen LogP contribution in [0, 0.1) is 11.3 Å². The number of hydrogen-bond acceptors (Lipinski definition) is 4. The molecule has 1 N–H and O–H groups in total. The molecule has 1 aliphatic rings. The maximum Gasteiger partial charge on any atom is 0.105 e. The van der Waals surface area contributed by atoms with E-state index in [1.165, 1.54) is 0 Å². The van der Waals surface area contributed by atoms with Crippen LogP contribution >= 0.6 is 0 Å². The van der Waals surface area contributed by atoms with Crippen molar-refractivity contribution in [1.29, 1.82) is 5.26 Å². The Morgan fingerprint density at radius 1 is 1.35 bits per heavy atom. The zero-order valence-electron chi connectivity index (χ0n) is 13.8. The summed E-state index contributed by atoms with van der Waals surface area (Å²) < 4.78 is 5.69. The first-order valence-corrected chi connectivity index (χ1v) is 7.94. The monoisotopic (exact) mass is 281 g/mol. The molecule has 4 heteroatoms. The third-order valence-corrected chi connectivity index (χ3v) is 4.06. The summed E-state index contributed by atoms with van der Waals surface area (Å²) in [5.74, 6) is 0. The predicted molar refractivity (Wildman–Crippen MR) is 82.6 cm³/mol. The van der Waals surface area contributed by atoms with Crippen LogP contribution in [-0.2, 0) is 4.74 Å². The molecule has 20 heavy (non-hydrogen) atoms. The fourth-order valence-corrected chi connectivity index (χ4v) is 3.21. The second-order valence-corrected chi connectivity index (χ2v) is 6.49. The summed E-state index contributed by atoms with van der Waals surface area (Å²) in [7, 11) is 0. The van der Waals surface area contributed by atoms with Crippen LogP contribution in [0.2, 0.25) is 0 Å². The van der Waals surface area contributed by atoms with Crippen LogP contribution in [-0.4, -0.2) is 48.3 Å². The summed E-state index contributed by atoms with van der Waals surface area (Å²) in [5, 5.41) is 12.8. The Morgan fingerprint density at radius 2 is 1.95 bits per heavy atom. The first-order valence-electron chi connectivity index (χ1n) is 7.94. The summed E-state index contributed by atoms with van der Waals surface area (Å²) >= 11 is 0. The van der Waals surface area contributed by atoms with Gasteiger partial charge in [-0.25, -0.2) is 0 Å². The van der Waals surface area contributed by atoms with Gasteiger partial charge in [-0.05, 0) is 53.9 Å². The minimum absolute atomic E-state index is 0.329. The highest BCUT2D eigenvalue weighted by Gasteiger charge is 2.31. The van der Waals surface area contributed by atoms with E-state index in [1.807, 2.05) is 6.92 Å². The Labute approximate surface area is 124 Å². The maximum atomic E-state index is 9.44. The van der Waals surface area contributed by atoms with Crippen LogP contribution in [0.15, 0.2) is 0 Å². The molecule has 0 aromatic rings. The molecule has 1 aliphatic heterocycles. The molecule has 1 fully saturated rings. The molecule has 0 aromatic heterocycles. The average molecular weight is 281 g/mol. The second kappa shape index (κ2) is 7.97. The average Bonchev–Trinajstić information content (AvgIpc) is 2.39. The van der Waals surface area contributed by atoms with Crippen LogP contribution < -0.4 is 5.32 Å². The van der Waals surface area contributed by atoms with Crippen molar-refractivity contribution in [2.24, 2.45) is 0 Å². The highest BCUT2D eigenvalue weighted by molar-refractivity contribution is 5.06. The fourth-order valence-electron chi connectivity index (χ4n) is 3.21. The molecule has 1 rings (SSSR count). The summed E-state index contributed by atoms with van der Waals surface area (Å²) in [6.07, 6.45) is 3.51. The summed E-state index contributed by atoms with van der Waals surface area (Å²) in [5.41, 5.74) is -0.440. The van der Waals surface area contributed by atoms with E-state index in [0.29, 0.717) is 18.2 Å². The third kappa shape index (κ3) is 5.40. The molecule has 116 valence electrons. The van der Waals surface area contributed by atoms with E-state index in [0.717, 1.165) is 39.0 Å². The summed E-state index contributed by atoms with van der Waals surface area (Å²) in [6, 6.07) is 3.20. The number of nitrogens with zero attached hydrogens (tertiary/aromatic N) is 2. The summed E-state index contributed by atoms with van der Waals surface area (Å²) in [6.45, 7) is 13.5. The van der Waals surface area contributed by atoms with Crippen molar-refractivity contribution in [1.82, 2.24) is 10.2 Å². The SMILES string of the molecule is CCOC1CCN(C(C)CC(C)(C#N)NC(C)C)CC1. The molecule has 0 radical (unpaired) electrons. The van der Waals surface area contributed by atoms with E-state index in [-0.39, 0.29) is 0 Å². The lowest BCUT2D eigenvalue weighted by Crippen LogP contribution is -2.51. The van der Waals surface area contributed by atoms with Crippen molar-refractivity contribution in [3.63, 3.8) is 0 Å². The van der Waals surface area contributed by atoms with Crippen molar-refractivity contribution < 1.29 is 4.74 Å². The van der Waals surface area contributed by atoms with E-state index >= 15 is 0 Å². The van der Waals surface area contributed by atoms with E-state index in [4.69, 9.17) is 4.74 Å². The molecule has 0 aliphatic carbocycles. The van der Waals surface area contributed by atoms with Gasteiger partial charge in [-0.2, -0.15) is 5.26 Å². The molecular formula is C16H31N3O. The molecule has 4 nitrogen and oxygen atoms in total. The lowest BCUT2D eigenvalue weighted by atomic mass is 9.92. The molecule has 2 atom stereocenters. The first-order chi connectivity index (χ1) is 9.40. The predicted octanol–water partition coefficient (Wildman–Crippen LogP) is 2.55. The largest absolute Gasteiger partial charge is 0.378 e. The smallest absolute Gasteiger partial charge is 0.105 e. The fraction of sp³-hybridized carbons (Fsp3) is 0.938. The van der Waals surface area contributed by atoms with Crippen molar-refractivity contribution in [3.05, 3.63) is 0 Å². The number of hydrogen-bond donors (Lipinski definition) is 1. The second-order valence-electron chi connectivity index (χ2n) is 6.49. The van der Waals surface area contributed by atoms with Gasteiger partial charge in [0, 0.05) is 31.8 Å². The van der Waals surface area contributed by atoms with Gasteiger partial charge in [0.1, 0.15) is 5.54 Å². The van der Waals surface area contributed by atoms with E-state index in [9.17, 15) is 5.26 Å². The number of nitrogens with one attached hydrogen (secondary N) is 1. The van der Waals surface area contributed by atoms with Crippen molar-refractivity contribution in [2.75, 3.05) is 19.7 Å². The Hall–Kier alpha value is -0.630. The summed E-state index contributed by atoms with van der Waals surface area (Å²) in [4.78, 5) is 2.49. The molecule has 1 saturated heterocycles. The molecular weight excluding hydrogens is 250 g/mol. The topological polar surface area (TPSA) is 48.3 Å². The van der Waals surface area contributed by atoms with Gasteiger partial charge in [-0.3, -0.25) is 5.32 Å². The molecule has 0 bridgehead atoms. The Kier molecular flexibility index (Phi) is 6.94. The van der Waals surface area contributed by atoms with Crippen LogP contribution in [0.4, 0.5) is 0 Å². The van der Waals surface area contributed by atoms with Gasteiger partial charge in [-0.1, -0.05) is 0 Å². The van der Waals surface area contributed by atoms with Gasteiger partial charge in [0.2, 0.25) is 0 Å². The third-order valence-electron chi connectivity index (χ3n) is 4.06. The minimum Gasteiger partial charge on any atom is -0.378 e. The molecule has 0 saturated carbocycles. The minimum atomic E-state index is -0.440. The van der Waals surface area contributed by atoms with Crippen LogP contribution in [0.5, 0.6) is 0 Å². The van der Waals surface area contributed by atoms with Crippen molar-refractivity contribution >= 4 is 0 Å². The number of piperidine rings is 1. The lowest BCUT2D eigenvalue weighted by molar-refractivity contribution is 0.00315. The van der Waals surface area contributed by atoms with Crippen LogP contribution in [0.1, 0.15) is 53.9 Å². The van der Waals surface area contributed by atoms with Gasteiger partial charge in [0.05, 0.1) is 12.2 Å². The molecule has 0 aromatic carbocycles. The van der Waals surface area contributed by atoms with E-state index in [1.54, 1.807) is 0 Å². The first kappa shape index (κ1) is 17.4. The number of nitriles is 1. The van der Waals surface area contributed by atoms with Gasteiger partial charge >= 0.3 is 0 Å². The molecule has 2 unspecified atom stereocenters. The maximum absolute atomic E-state index is 9.44. The van der Waals surface area contributed by atoms with Gasteiger partial charge in [-0.15, -0.1) is 0 Å². The Bertz CT molecular complexity index is 318. The van der Waals surface area contributed by atoms with Gasteiger partial charge < -0.3 is 9.64 Å². The zero-order chi connectivity index (χ0) is 15.2. The van der Waals surface area contributed by atoms with E-state index < -0.39 is 5.54 Å². The Morgan fingerprint density at radius 3 is 2.40 bits per heavy atom. The van der Waals surface area contributed by atoms with Crippen molar-refractivity contribution in [2.45, 2.75) is 77.6 Å². The number of rotatable bonds is 7. The normalized spacial score (nSPS) is 22.4. The van der Waals surface area contributed by atoms with Gasteiger partial charge in [0.25, 0.3) is 0 Å². The molecule has 0 spiro atoms.